The van der Waals surface area contributed by atoms with Crippen LogP contribution in [0.25, 0.3) is 0 Å². The molecule has 6 heteroatoms. The van der Waals surface area contributed by atoms with Crippen LogP contribution in [0.2, 0.25) is 10.0 Å². The summed E-state index contributed by atoms with van der Waals surface area (Å²) in [6, 6.07) is 8.83. The lowest BCUT2D eigenvalue weighted by Gasteiger charge is -2.29. The predicted molar refractivity (Wildman–Crippen MR) is 96.0 cm³/mol. The molecule has 1 aromatic heterocycles. The first kappa shape index (κ1) is 17.1. The highest BCUT2D eigenvalue weighted by atomic mass is 35.5. The molecule has 0 aliphatic heterocycles. The molecule has 1 fully saturated rings. The molecular formula is C18H18Cl2N2O2. The number of halogens is 2. The van der Waals surface area contributed by atoms with Gasteiger partial charge in [0.2, 0.25) is 11.8 Å². The molecule has 1 aromatic carbocycles. The number of benzene rings is 1. The molecule has 1 amide bonds. The zero-order chi connectivity index (χ0) is 17.2. The number of amides is 1. The third-order valence-electron chi connectivity index (χ3n) is 4.54. The number of hydrogen-bond acceptors (Lipinski definition) is 3. The van der Waals surface area contributed by atoms with Crippen LogP contribution in [-0.2, 0) is 10.2 Å². The van der Waals surface area contributed by atoms with E-state index >= 15 is 0 Å². The Balaban J connectivity index is 1.90. The van der Waals surface area contributed by atoms with Crippen molar-refractivity contribution in [2.45, 2.75) is 31.1 Å². The van der Waals surface area contributed by atoms with E-state index in [0.29, 0.717) is 21.6 Å². The first-order valence-corrected chi connectivity index (χ1v) is 8.58. The number of hydrogen-bond donors (Lipinski definition) is 1. The highest BCUT2D eigenvalue weighted by Crippen LogP contribution is 2.45. The van der Waals surface area contributed by atoms with Gasteiger partial charge in [-0.25, -0.2) is 4.98 Å². The molecule has 2 aromatic rings. The van der Waals surface area contributed by atoms with Gasteiger partial charge >= 0.3 is 0 Å². The number of rotatable bonds is 4. The SMILES string of the molecule is COc1ccc(NC(=O)C2(c3ccc(Cl)cc3Cl)CCCC2)cn1. The number of carbonyl (C=O) groups is 1. The Hall–Kier alpha value is -1.78. The normalized spacial score (nSPS) is 16.0. The molecule has 0 bridgehead atoms. The van der Waals surface area contributed by atoms with Gasteiger partial charge in [-0.1, -0.05) is 42.1 Å². The van der Waals surface area contributed by atoms with Crippen molar-refractivity contribution in [3.05, 3.63) is 52.1 Å². The third-order valence-corrected chi connectivity index (χ3v) is 5.09. The van der Waals surface area contributed by atoms with Crippen LogP contribution in [0.15, 0.2) is 36.5 Å². The lowest BCUT2D eigenvalue weighted by molar-refractivity contribution is -0.121. The zero-order valence-electron chi connectivity index (χ0n) is 13.3. The molecule has 0 atom stereocenters. The lowest BCUT2D eigenvalue weighted by atomic mass is 9.78. The minimum Gasteiger partial charge on any atom is -0.481 e. The van der Waals surface area contributed by atoms with E-state index in [2.05, 4.69) is 10.3 Å². The summed E-state index contributed by atoms with van der Waals surface area (Å²) in [6.45, 7) is 0. The monoisotopic (exact) mass is 364 g/mol. The van der Waals surface area contributed by atoms with Gasteiger partial charge in [0.1, 0.15) is 0 Å². The smallest absolute Gasteiger partial charge is 0.235 e. The number of pyridine rings is 1. The molecule has 1 N–H and O–H groups in total. The van der Waals surface area contributed by atoms with E-state index in [9.17, 15) is 4.79 Å². The maximum Gasteiger partial charge on any atom is 0.235 e. The average molecular weight is 365 g/mol. The minimum absolute atomic E-state index is 0.0591. The van der Waals surface area contributed by atoms with Crippen LogP contribution in [0.1, 0.15) is 31.2 Å². The van der Waals surface area contributed by atoms with Crippen LogP contribution < -0.4 is 10.1 Å². The fourth-order valence-electron chi connectivity index (χ4n) is 3.30. The van der Waals surface area contributed by atoms with Crippen molar-refractivity contribution < 1.29 is 9.53 Å². The summed E-state index contributed by atoms with van der Waals surface area (Å²) in [4.78, 5) is 17.2. The maximum atomic E-state index is 13.1. The van der Waals surface area contributed by atoms with E-state index in [4.69, 9.17) is 27.9 Å². The fourth-order valence-corrected chi connectivity index (χ4v) is 3.89. The molecule has 1 heterocycles. The van der Waals surface area contributed by atoms with Crippen LogP contribution >= 0.6 is 23.2 Å². The van der Waals surface area contributed by atoms with Gasteiger partial charge < -0.3 is 10.1 Å². The molecule has 0 radical (unpaired) electrons. The van der Waals surface area contributed by atoms with Crippen LogP contribution in [0.4, 0.5) is 5.69 Å². The lowest BCUT2D eigenvalue weighted by Crippen LogP contribution is -2.38. The molecule has 1 saturated carbocycles. The Morgan fingerprint density at radius 1 is 1.21 bits per heavy atom. The molecule has 0 spiro atoms. The van der Waals surface area contributed by atoms with E-state index in [0.717, 1.165) is 31.2 Å². The summed E-state index contributed by atoms with van der Waals surface area (Å²) >= 11 is 12.4. The second-order valence-electron chi connectivity index (χ2n) is 5.96. The van der Waals surface area contributed by atoms with E-state index < -0.39 is 5.41 Å². The quantitative estimate of drug-likeness (QED) is 0.843. The summed E-state index contributed by atoms with van der Waals surface area (Å²) in [5.41, 5.74) is 0.851. The van der Waals surface area contributed by atoms with Crippen LogP contribution in [0.5, 0.6) is 5.88 Å². The third kappa shape index (κ3) is 3.21. The van der Waals surface area contributed by atoms with Gasteiger partial charge in [0, 0.05) is 16.1 Å². The standard InChI is InChI=1S/C18H18Cl2N2O2/c1-24-16-7-5-13(11-21-16)22-17(23)18(8-2-3-9-18)14-6-4-12(19)10-15(14)20/h4-7,10-11H,2-3,8-9H2,1H3,(H,22,23). The zero-order valence-corrected chi connectivity index (χ0v) is 14.8. The van der Waals surface area contributed by atoms with Gasteiger partial charge in [0.05, 0.1) is 24.4 Å². The minimum atomic E-state index is -0.623. The van der Waals surface area contributed by atoms with Crippen molar-refractivity contribution in [1.82, 2.24) is 4.98 Å². The summed E-state index contributed by atoms with van der Waals surface area (Å²) in [7, 11) is 1.55. The molecule has 24 heavy (non-hydrogen) atoms. The number of anilines is 1. The molecule has 126 valence electrons. The Bertz CT molecular complexity index is 741. The van der Waals surface area contributed by atoms with Gasteiger partial charge in [-0.15, -0.1) is 0 Å². The number of methoxy groups -OCH3 is 1. The summed E-state index contributed by atoms with van der Waals surface area (Å²) in [5, 5.41) is 4.07. The second-order valence-corrected chi connectivity index (χ2v) is 6.80. The number of carbonyl (C=O) groups excluding carboxylic acids is 1. The van der Waals surface area contributed by atoms with Crippen molar-refractivity contribution in [3.63, 3.8) is 0 Å². The first-order valence-electron chi connectivity index (χ1n) is 7.82. The first-order chi connectivity index (χ1) is 11.5. The van der Waals surface area contributed by atoms with Crippen molar-refractivity contribution >= 4 is 34.8 Å². The van der Waals surface area contributed by atoms with Crippen LogP contribution in [0, 0.1) is 0 Å². The topological polar surface area (TPSA) is 51.2 Å². The summed E-state index contributed by atoms with van der Waals surface area (Å²) in [5.74, 6) is 0.445. The maximum absolute atomic E-state index is 13.1. The highest BCUT2D eigenvalue weighted by molar-refractivity contribution is 6.35. The predicted octanol–water partition coefficient (Wildman–Crippen LogP) is 4.85. The van der Waals surface area contributed by atoms with Gasteiger partial charge in [0.15, 0.2) is 0 Å². The molecular weight excluding hydrogens is 347 g/mol. The molecule has 1 aliphatic carbocycles. The molecule has 4 nitrogen and oxygen atoms in total. The Morgan fingerprint density at radius 2 is 1.96 bits per heavy atom. The number of nitrogens with zero attached hydrogens (tertiary/aromatic N) is 1. The van der Waals surface area contributed by atoms with E-state index in [1.54, 1.807) is 37.6 Å². The van der Waals surface area contributed by atoms with Crippen molar-refractivity contribution in [1.29, 1.82) is 0 Å². The van der Waals surface area contributed by atoms with E-state index in [-0.39, 0.29) is 5.91 Å². The van der Waals surface area contributed by atoms with Gasteiger partial charge in [-0.3, -0.25) is 4.79 Å². The van der Waals surface area contributed by atoms with Crippen LogP contribution in [-0.4, -0.2) is 18.0 Å². The largest absolute Gasteiger partial charge is 0.481 e. The number of nitrogens with one attached hydrogen (secondary N) is 1. The molecule has 1 aliphatic rings. The molecule has 3 rings (SSSR count). The second kappa shape index (κ2) is 6.99. The Kier molecular flexibility index (Phi) is 4.97. The summed E-state index contributed by atoms with van der Waals surface area (Å²) in [6.07, 6.45) is 5.11. The van der Waals surface area contributed by atoms with E-state index in [1.807, 2.05) is 6.07 Å². The molecule has 0 unspecified atom stereocenters. The van der Waals surface area contributed by atoms with Gasteiger partial charge in [-0.2, -0.15) is 0 Å². The number of aromatic nitrogens is 1. The van der Waals surface area contributed by atoms with Gasteiger partial charge in [0.25, 0.3) is 0 Å². The van der Waals surface area contributed by atoms with Crippen LogP contribution in [0.3, 0.4) is 0 Å². The van der Waals surface area contributed by atoms with Crippen molar-refractivity contribution in [3.8, 4) is 5.88 Å². The molecule has 0 saturated heterocycles. The highest BCUT2D eigenvalue weighted by Gasteiger charge is 2.44. The number of ether oxygens (including phenoxy) is 1. The van der Waals surface area contributed by atoms with E-state index in [1.165, 1.54) is 0 Å². The van der Waals surface area contributed by atoms with Gasteiger partial charge in [-0.05, 0) is 36.6 Å². The van der Waals surface area contributed by atoms with Crippen molar-refractivity contribution in [2.75, 3.05) is 12.4 Å². The Labute approximate surface area is 151 Å². The fraction of sp³-hybridized carbons (Fsp3) is 0.333. The Morgan fingerprint density at radius 3 is 2.54 bits per heavy atom. The average Bonchev–Trinajstić information content (AvgIpc) is 3.06. The summed E-state index contributed by atoms with van der Waals surface area (Å²) < 4.78 is 5.04. The van der Waals surface area contributed by atoms with Crippen molar-refractivity contribution in [2.24, 2.45) is 0 Å².